The first kappa shape index (κ1) is 19.2. The molecule has 0 bridgehead atoms. The number of anilines is 1. The Morgan fingerprint density at radius 3 is 2.52 bits per heavy atom. The largest absolute Gasteiger partial charge is 0.497 e. The predicted octanol–water partition coefficient (Wildman–Crippen LogP) is 4.66. The SMILES string of the molecule is C#CCN1C(=O)N(Cc2ccc(OC)cc2)c2ccc(Cl)cc2C1(C#C)C1CC1. The van der Waals surface area contributed by atoms with Crippen molar-refractivity contribution in [3.05, 3.63) is 58.6 Å². The molecule has 4 nitrogen and oxygen atoms in total. The molecule has 0 spiro atoms. The molecule has 1 heterocycles. The molecule has 2 aromatic rings. The topological polar surface area (TPSA) is 32.8 Å². The average Bonchev–Trinajstić information content (AvgIpc) is 3.58. The Bertz CT molecular complexity index is 1030. The molecule has 1 saturated carbocycles. The van der Waals surface area contributed by atoms with Gasteiger partial charge >= 0.3 is 6.03 Å². The minimum absolute atomic E-state index is 0.143. The molecular formula is C24H21ClN2O2. The van der Waals surface area contributed by atoms with E-state index in [0.29, 0.717) is 11.6 Å². The highest BCUT2D eigenvalue weighted by Crippen LogP contribution is 2.54. The monoisotopic (exact) mass is 404 g/mol. The van der Waals surface area contributed by atoms with E-state index in [4.69, 9.17) is 29.2 Å². The van der Waals surface area contributed by atoms with Crippen molar-refractivity contribution in [2.24, 2.45) is 5.92 Å². The number of terminal acetylenes is 2. The summed E-state index contributed by atoms with van der Waals surface area (Å²) in [5, 5.41) is 0.587. The highest BCUT2D eigenvalue weighted by atomic mass is 35.5. The molecule has 1 aliphatic carbocycles. The smallest absolute Gasteiger partial charge is 0.327 e. The van der Waals surface area contributed by atoms with Gasteiger partial charge in [0.15, 0.2) is 0 Å². The molecule has 2 aromatic carbocycles. The zero-order chi connectivity index (χ0) is 20.6. The molecule has 1 atom stereocenters. The van der Waals surface area contributed by atoms with Gasteiger partial charge in [-0.3, -0.25) is 9.80 Å². The van der Waals surface area contributed by atoms with Gasteiger partial charge in [-0.05, 0) is 54.7 Å². The number of carbonyl (C=O) groups is 1. The van der Waals surface area contributed by atoms with Crippen molar-refractivity contribution in [1.29, 1.82) is 0 Å². The zero-order valence-electron chi connectivity index (χ0n) is 16.2. The second kappa shape index (κ2) is 7.39. The summed E-state index contributed by atoms with van der Waals surface area (Å²) in [5.74, 6) is 6.50. The third-order valence-corrected chi connectivity index (χ3v) is 5.92. The fraction of sp³-hybridized carbons (Fsp3) is 0.292. The Morgan fingerprint density at radius 1 is 1.21 bits per heavy atom. The van der Waals surface area contributed by atoms with Crippen LogP contribution in [0.25, 0.3) is 0 Å². The Kier molecular flexibility index (Phi) is 4.91. The minimum atomic E-state index is -0.861. The summed E-state index contributed by atoms with van der Waals surface area (Å²) < 4.78 is 5.23. The van der Waals surface area contributed by atoms with Crippen LogP contribution in [0.5, 0.6) is 5.75 Å². The lowest BCUT2D eigenvalue weighted by Crippen LogP contribution is -2.59. The molecular weight excluding hydrogens is 384 g/mol. The van der Waals surface area contributed by atoms with Crippen LogP contribution in [0.1, 0.15) is 24.0 Å². The first-order chi connectivity index (χ1) is 14.0. The fourth-order valence-corrected chi connectivity index (χ4v) is 4.33. The summed E-state index contributed by atoms with van der Waals surface area (Å²) in [6.07, 6.45) is 13.6. The number of nitrogens with zero attached hydrogens (tertiary/aromatic N) is 2. The van der Waals surface area contributed by atoms with E-state index in [1.807, 2.05) is 36.4 Å². The number of benzene rings is 2. The lowest BCUT2D eigenvalue weighted by Gasteiger charge is -2.48. The van der Waals surface area contributed by atoms with Crippen LogP contribution in [0.3, 0.4) is 0 Å². The molecule has 2 aliphatic rings. The molecule has 0 aromatic heterocycles. The molecule has 1 fully saturated rings. The minimum Gasteiger partial charge on any atom is -0.497 e. The van der Waals surface area contributed by atoms with Crippen molar-refractivity contribution in [3.8, 4) is 30.4 Å². The molecule has 0 radical (unpaired) electrons. The number of hydrogen-bond acceptors (Lipinski definition) is 2. The average molecular weight is 405 g/mol. The van der Waals surface area contributed by atoms with E-state index in [1.165, 1.54) is 0 Å². The van der Waals surface area contributed by atoms with E-state index in [9.17, 15) is 4.79 Å². The molecule has 5 heteroatoms. The van der Waals surface area contributed by atoms with Crippen molar-refractivity contribution < 1.29 is 9.53 Å². The van der Waals surface area contributed by atoms with E-state index in [-0.39, 0.29) is 18.5 Å². The van der Waals surface area contributed by atoms with E-state index >= 15 is 0 Å². The maximum Gasteiger partial charge on any atom is 0.327 e. The molecule has 2 amide bonds. The van der Waals surface area contributed by atoms with E-state index < -0.39 is 5.54 Å². The van der Waals surface area contributed by atoms with Crippen LogP contribution in [0.2, 0.25) is 5.02 Å². The van der Waals surface area contributed by atoms with Crippen LogP contribution in [0.4, 0.5) is 10.5 Å². The Morgan fingerprint density at radius 2 is 1.93 bits per heavy atom. The number of amides is 2. The van der Waals surface area contributed by atoms with Gasteiger partial charge in [-0.1, -0.05) is 35.6 Å². The van der Waals surface area contributed by atoms with Gasteiger partial charge in [0, 0.05) is 10.6 Å². The van der Waals surface area contributed by atoms with Crippen LogP contribution in [-0.4, -0.2) is 24.6 Å². The summed E-state index contributed by atoms with van der Waals surface area (Å²) in [6, 6.07) is 13.0. The third kappa shape index (κ3) is 3.11. The lowest BCUT2D eigenvalue weighted by atomic mass is 9.80. The molecule has 146 valence electrons. The number of ether oxygens (including phenoxy) is 1. The standard InChI is InChI=1S/C24H21ClN2O2/c1-4-14-27-23(28)26(16-17-6-11-20(29-3)12-7-17)22-13-10-19(25)15-21(22)24(27,5-2)18-8-9-18/h1-2,6-7,10-13,15,18H,8-9,14,16H2,3H3. The number of rotatable bonds is 5. The Labute approximate surface area is 176 Å². The second-order valence-corrected chi connectivity index (χ2v) is 7.79. The van der Waals surface area contributed by atoms with Crippen LogP contribution in [0.15, 0.2) is 42.5 Å². The Balaban J connectivity index is 1.84. The number of methoxy groups -OCH3 is 1. The summed E-state index contributed by atoms with van der Waals surface area (Å²) in [6.45, 7) is 0.536. The van der Waals surface area contributed by atoms with Crippen LogP contribution >= 0.6 is 11.6 Å². The Hall–Kier alpha value is -3.08. The van der Waals surface area contributed by atoms with E-state index in [0.717, 1.165) is 35.4 Å². The normalized spacial score (nSPS) is 20.6. The lowest BCUT2D eigenvalue weighted by molar-refractivity contribution is 0.142. The maximum atomic E-state index is 13.6. The van der Waals surface area contributed by atoms with Crippen LogP contribution < -0.4 is 9.64 Å². The van der Waals surface area contributed by atoms with Gasteiger partial charge in [0.2, 0.25) is 0 Å². The first-order valence-electron chi connectivity index (χ1n) is 9.48. The van der Waals surface area contributed by atoms with Gasteiger partial charge in [0.05, 0.1) is 25.9 Å². The number of urea groups is 1. The fourth-order valence-electron chi connectivity index (χ4n) is 4.16. The van der Waals surface area contributed by atoms with Crippen molar-refractivity contribution in [1.82, 2.24) is 4.90 Å². The summed E-state index contributed by atoms with van der Waals surface area (Å²) >= 11 is 6.34. The zero-order valence-corrected chi connectivity index (χ0v) is 16.9. The molecule has 29 heavy (non-hydrogen) atoms. The van der Waals surface area contributed by atoms with Gasteiger partial charge in [0.25, 0.3) is 0 Å². The molecule has 0 N–H and O–H groups in total. The molecule has 4 rings (SSSR count). The van der Waals surface area contributed by atoms with Crippen molar-refractivity contribution >= 4 is 23.3 Å². The highest BCUT2D eigenvalue weighted by Gasteiger charge is 2.56. The second-order valence-electron chi connectivity index (χ2n) is 7.35. The van der Waals surface area contributed by atoms with Crippen molar-refractivity contribution in [2.45, 2.75) is 24.9 Å². The van der Waals surface area contributed by atoms with E-state index in [2.05, 4.69) is 11.8 Å². The summed E-state index contributed by atoms with van der Waals surface area (Å²) in [4.78, 5) is 17.0. The number of carbonyl (C=O) groups excluding carboxylic acids is 1. The van der Waals surface area contributed by atoms with Crippen LogP contribution in [0, 0.1) is 30.6 Å². The van der Waals surface area contributed by atoms with Crippen molar-refractivity contribution in [2.75, 3.05) is 18.6 Å². The molecule has 1 aliphatic heterocycles. The highest BCUT2D eigenvalue weighted by molar-refractivity contribution is 6.30. The first-order valence-corrected chi connectivity index (χ1v) is 9.86. The van der Waals surface area contributed by atoms with E-state index in [1.54, 1.807) is 23.0 Å². The van der Waals surface area contributed by atoms with Gasteiger partial charge in [0.1, 0.15) is 11.3 Å². The third-order valence-electron chi connectivity index (χ3n) is 5.68. The van der Waals surface area contributed by atoms with Crippen LogP contribution in [-0.2, 0) is 12.1 Å². The summed E-state index contributed by atoms with van der Waals surface area (Å²) in [5.41, 5.74) is 1.77. The number of halogens is 1. The van der Waals surface area contributed by atoms with Crippen molar-refractivity contribution in [3.63, 3.8) is 0 Å². The molecule has 1 unspecified atom stereocenters. The summed E-state index contributed by atoms with van der Waals surface area (Å²) in [7, 11) is 1.62. The maximum absolute atomic E-state index is 13.6. The molecule has 0 saturated heterocycles. The quantitative estimate of drug-likeness (QED) is 0.679. The number of hydrogen-bond donors (Lipinski definition) is 0. The van der Waals surface area contributed by atoms with Gasteiger partial charge in [-0.2, -0.15) is 0 Å². The van der Waals surface area contributed by atoms with Gasteiger partial charge in [-0.25, -0.2) is 4.79 Å². The number of fused-ring (bicyclic) bond motifs is 1. The van der Waals surface area contributed by atoms with Gasteiger partial charge < -0.3 is 4.74 Å². The predicted molar refractivity (Wildman–Crippen MR) is 115 cm³/mol. The van der Waals surface area contributed by atoms with Gasteiger partial charge in [-0.15, -0.1) is 12.8 Å².